The van der Waals surface area contributed by atoms with Gasteiger partial charge in [0.25, 0.3) is 0 Å². The van der Waals surface area contributed by atoms with E-state index in [0.717, 1.165) is 20.8 Å². The monoisotopic (exact) mass is 360 g/mol. The molecular formula is C16H13BrN2O3. The summed E-state index contributed by atoms with van der Waals surface area (Å²) in [6.45, 7) is 0. The zero-order chi connectivity index (χ0) is 15.9. The van der Waals surface area contributed by atoms with Gasteiger partial charge in [0.1, 0.15) is 5.75 Å². The van der Waals surface area contributed by atoms with Crippen LogP contribution < -0.4 is 4.74 Å². The van der Waals surface area contributed by atoms with Crippen LogP contribution in [0.25, 0.3) is 22.0 Å². The number of carboxylic acids is 1. The van der Waals surface area contributed by atoms with Gasteiger partial charge >= 0.3 is 5.97 Å². The van der Waals surface area contributed by atoms with E-state index in [0.29, 0.717) is 11.4 Å². The number of aromatic carboxylic acids is 1. The molecule has 0 radical (unpaired) electrons. The number of hydrogen-bond acceptors (Lipinski definition) is 3. The number of aryl methyl sites for hydroxylation is 1. The molecular weight excluding hydrogens is 348 g/mol. The Labute approximate surface area is 135 Å². The molecule has 0 amide bonds. The SMILES string of the molecule is COc1cc2ccc(Br)cc2cc1-c1cc(C(=O)O)nn1C. The van der Waals surface area contributed by atoms with Crippen molar-refractivity contribution >= 4 is 32.7 Å². The predicted octanol–water partition coefficient (Wildman–Crippen LogP) is 3.71. The summed E-state index contributed by atoms with van der Waals surface area (Å²) in [4.78, 5) is 11.1. The van der Waals surface area contributed by atoms with E-state index in [-0.39, 0.29) is 5.69 Å². The molecule has 0 fully saturated rings. The molecule has 1 N–H and O–H groups in total. The van der Waals surface area contributed by atoms with Gasteiger partial charge in [-0.05, 0) is 41.1 Å². The highest BCUT2D eigenvalue weighted by molar-refractivity contribution is 9.10. The highest BCUT2D eigenvalue weighted by Crippen LogP contribution is 2.35. The third-order valence-electron chi connectivity index (χ3n) is 3.50. The summed E-state index contributed by atoms with van der Waals surface area (Å²) in [5.74, 6) is -0.376. The molecule has 5 nitrogen and oxygen atoms in total. The number of benzene rings is 2. The lowest BCUT2D eigenvalue weighted by molar-refractivity contribution is 0.0689. The Morgan fingerprint density at radius 3 is 2.64 bits per heavy atom. The second-order valence-electron chi connectivity index (χ2n) is 4.89. The molecule has 1 aromatic heterocycles. The van der Waals surface area contributed by atoms with E-state index in [4.69, 9.17) is 9.84 Å². The van der Waals surface area contributed by atoms with Crippen molar-refractivity contribution in [3.8, 4) is 17.0 Å². The fraction of sp³-hybridized carbons (Fsp3) is 0.125. The molecule has 3 aromatic rings. The van der Waals surface area contributed by atoms with Crippen LogP contribution in [0.3, 0.4) is 0 Å². The van der Waals surface area contributed by atoms with Crippen LogP contribution >= 0.6 is 15.9 Å². The van der Waals surface area contributed by atoms with E-state index in [2.05, 4.69) is 21.0 Å². The zero-order valence-corrected chi connectivity index (χ0v) is 13.6. The first-order valence-corrected chi connectivity index (χ1v) is 7.34. The number of carboxylic acid groups (broad SMARTS) is 1. The summed E-state index contributed by atoms with van der Waals surface area (Å²) in [6, 6.07) is 11.4. The van der Waals surface area contributed by atoms with Crippen molar-refractivity contribution in [1.82, 2.24) is 9.78 Å². The number of nitrogens with zero attached hydrogens (tertiary/aromatic N) is 2. The largest absolute Gasteiger partial charge is 0.496 e. The molecule has 0 aliphatic heterocycles. The topological polar surface area (TPSA) is 64.3 Å². The minimum atomic E-state index is -1.05. The van der Waals surface area contributed by atoms with Gasteiger partial charge in [-0.1, -0.05) is 22.0 Å². The average Bonchev–Trinajstić information content (AvgIpc) is 2.88. The summed E-state index contributed by atoms with van der Waals surface area (Å²) in [5, 5.41) is 15.2. The Morgan fingerprint density at radius 2 is 2.00 bits per heavy atom. The van der Waals surface area contributed by atoms with Gasteiger partial charge in [0.2, 0.25) is 0 Å². The molecule has 2 aromatic carbocycles. The van der Waals surface area contributed by atoms with Gasteiger partial charge in [-0.2, -0.15) is 5.10 Å². The quantitative estimate of drug-likeness (QED) is 0.773. The molecule has 0 saturated carbocycles. The molecule has 6 heteroatoms. The summed E-state index contributed by atoms with van der Waals surface area (Å²) in [6.07, 6.45) is 0. The van der Waals surface area contributed by atoms with Gasteiger partial charge in [0.05, 0.1) is 12.8 Å². The first-order chi connectivity index (χ1) is 10.5. The maximum Gasteiger partial charge on any atom is 0.356 e. The lowest BCUT2D eigenvalue weighted by atomic mass is 10.0. The maximum atomic E-state index is 11.1. The molecule has 112 valence electrons. The van der Waals surface area contributed by atoms with E-state index in [1.165, 1.54) is 0 Å². The molecule has 1 heterocycles. The minimum absolute atomic E-state index is 0.00823. The first-order valence-electron chi connectivity index (χ1n) is 6.54. The number of fused-ring (bicyclic) bond motifs is 1. The zero-order valence-electron chi connectivity index (χ0n) is 12.0. The van der Waals surface area contributed by atoms with Gasteiger partial charge in [-0.3, -0.25) is 4.68 Å². The van der Waals surface area contributed by atoms with Crippen LogP contribution in [-0.4, -0.2) is 28.0 Å². The highest BCUT2D eigenvalue weighted by Gasteiger charge is 2.16. The maximum absolute atomic E-state index is 11.1. The second kappa shape index (κ2) is 5.46. The number of aromatic nitrogens is 2. The normalized spacial score (nSPS) is 10.9. The van der Waals surface area contributed by atoms with Crippen LogP contribution in [0.15, 0.2) is 40.9 Å². The molecule has 22 heavy (non-hydrogen) atoms. The Hall–Kier alpha value is -2.34. The minimum Gasteiger partial charge on any atom is -0.496 e. The van der Waals surface area contributed by atoms with E-state index < -0.39 is 5.97 Å². The van der Waals surface area contributed by atoms with Crippen LogP contribution in [0.2, 0.25) is 0 Å². The van der Waals surface area contributed by atoms with Crippen LogP contribution in [0.1, 0.15) is 10.5 Å². The van der Waals surface area contributed by atoms with Crippen molar-refractivity contribution in [2.24, 2.45) is 7.05 Å². The van der Waals surface area contributed by atoms with E-state index in [1.54, 1.807) is 24.9 Å². The smallest absolute Gasteiger partial charge is 0.356 e. The third kappa shape index (κ3) is 2.46. The van der Waals surface area contributed by atoms with Crippen molar-refractivity contribution in [3.63, 3.8) is 0 Å². The van der Waals surface area contributed by atoms with E-state index in [9.17, 15) is 4.79 Å². The Kier molecular flexibility index (Phi) is 3.62. The van der Waals surface area contributed by atoms with Gasteiger partial charge < -0.3 is 9.84 Å². The van der Waals surface area contributed by atoms with Crippen molar-refractivity contribution in [3.05, 3.63) is 46.6 Å². The summed E-state index contributed by atoms with van der Waals surface area (Å²) >= 11 is 3.46. The average molecular weight is 361 g/mol. The van der Waals surface area contributed by atoms with Crippen LogP contribution in [0.4, 0.5) is 0 Å². The second-order valence-corrected chi connectivity index (χ2v) is 5.80. The fourth-order valence-corrected chi connectivity index (χ4v) is 2.82. The molecule has 0 bridgehead atoms. The van der Waals surface area contributed by atoms with Gasteiger partial charge in [-0.25, -0.2) is 4.79 Å². The molecule has 0 saturated heterocycles. The van der Waals surface area contributed by atoms with Crippen LogP contribution in [0.5, 0.6) is 5.75 Å². The van der Waals surface area contributed by atoms with Gasteiger partial charge in [0.15, 0.2) is 5.69 Å². The lowest BCUT2D eigenvalue weighted by Gasteiger charge is -2.11. The Morgan fingerprint density at radius 1 is 1.23 bits per heavy atom. The molecule has 0 unspecified atom stereocenters. The van der Waals surface area contributed by atoms with E-state index in [1.807, 2.05) is 30.3 Å². The molecule has 0 aliphatic carbocycles. The predicted molar refractivity (Wildman–Crippen MR) is 87.4 cm³/mol. The van der Waals surface area contributed by atoms with Gasteiger partial charge in [-0.15, -0.1) is 0 Å². The number of hydrogen-bond donors (Lipinski definition) is 1. The Balaban J connectivity index is 2.26. The number of carbonyl (C=O) groups is 1. The summed E-state index contributed by atoms with van der Waals surface area (Å²) in [7, 11) is 3.31. The fourth-order valence-electron chi connectivity index (χ4n) is 2.44. The molecule has 0 atom stereocenters. The standard InChI is InChI=1S/C16H13BrN2O3/c1-19-14(8-13(18-19)16(20)21)12-6-10-5-11(17)4-3-9(10)7-15(12)22-2/h3-8H,1-2H3,(H,20,21). The lowest BCUT2D eigenvalue weighted by Crippen LogP contribution is -1.99. The first kappa shape index (κ1) is 14.6. The van der Waals surface area contributed by atoms with Gasteiger partial charge in [0, 0.05) is 17.1 Å². The molecule has 0 spiro atoms. The number of rotatable bonds is 3. The van der Waals surface area contributed by atoms with Crippen molar-refractivity contribution in [2.45, 2.75) is 0 Å². The highest BCUT2D eigenvalue weighted by atomic mass is 79.9. The van der Waals surface area contributed by atoms with Crippen molar-refractivity contribution < 1.29 is 14.6 Å². The Bertz CT molecular complexity index is 886. The van der Waals surface area contributed by atoms with Crippen LogP contribution in [-0.2, 0) is 7.05 Å². The molecule has 0 aliphatic rings. The number of halogens is 1. The third-order valence-corrected chi connectivity index (χ3v) is 3.99. The molecule has 3 rings (SSSR count). The summed E-state index contributed by atoms with van der Waals surface area (Å²) < 4.78 is 7.99. The number of ether oxygens (including phenoxy) is 1. The number of methoxy groups -OCH3 is 1. The van der Waals surface area contributed by atoms with Crippen molar-refractivity contribution in [1.29, 1.82) is 0 Å². The van der Waals surface area contributed by atoms with Crippen molar-refractivity contribution in [2.75, 3.05) is 7.11 Å². The van der Waals surface area contributed by atoms with Crippen LogP contribution in [0, 0.1) is 0 Å². The summed E-state index contributed by atoms with van der Waals surface area (Å²) in [5.41, 5.74) is 1.50. The van der Waals surface area contributed by atoms with E-state index >= 15 is 0 Å².